The maximum Gasteiger partial charge on any atom is 0.338 e. The first-order chi connectivity index (χ1) is 9.08. The highest BCUT2D eigenvalue weighted by Gasteiger charge is 2.17. The fourth-order valence-electron chi connectivity index (χ4n) is 2.33. The predicted octanol–water partition coefficient (Wildman–Crippen LogP) is 4.31. The van der Waals surface area contributed by atoms with Crippen LogP contribution in [-0.2, 0) is 4.74 Å². The molecule has 1 saturated carbocycles. The van der Waals surface area contributed by atoms with Crippen LogP contribution < -0.4 is 5.73 Å². The second kappa shape index (κ2) is 6.49. The lowest BCUT2D eigenvalue weighted by atomic mass is 9.90. The summed E-state index contributed by atoms with van der Waals surface area (Å²) in [6.07, 6.45) is 6.00. The molecule has 1 fully saturated rings. The Morgan fingerprint density at radius 1 is 1.21 bits per heavy atom. The van der Waals surface area contributed by atoms with E-state index in [0.717, 1.165) is 12.8 Å². The lowest BCUT2D eigenvalue weighted by Gasteiger charge is -2.21. The molecule has 19 heavy (non-hydrogen) atoms. The van der Waals surface area contributed by atoms with E-state index in [1.165, 1.54) is 31.4 Å². The Balaban J connectivity index is 1.96. The highest BCUT2D eigenvalue weighted by molar-refractivity contribution is 6.39. The average molecular weight is 302 g/mol. The van der Waals surface area contributed by atoms with E-state index in [2.05, 4.69) is 0 Å². The second-order valence-electron chi connectivity index (χ2n) is 4.96. The molecule has 1 aliphatic carbocycles. The number of ether oxygens (including phenoxy) is 1. The molecule has 0 amide bonds. The molecule has 1 aromatic carbocycles. The molecule has 1 aromatic rings. The van der Waals surface area contributed by atoms with Crippen LogP contribution in [-0.4, -0.2) is 12.6 Å². The molecule has 0 aromatic heterocycles. The van der Waals surface area contributed by atoms with Gasteiger partial charge in [-0.05, 0) is 30.9 Å². The first-order valence-electron chi connectivity index (χ1n) is 6.49. The maximum absolute atomic E-state index is 11.9. The highest BCUT2D eigenvalue weighted by atomic mass is 35.5. The minimum atomic E-state index is -0.394. The van der Waals surface area contributed by atoms with E-state index >= 15 is 0 Å². The van der Waals surface area contributed by atoms with Crippen molar-refractivity contribution in [1.82, 2.24) is 0 Å². The number of rotatable bonds is 3. The number of halogens is 2. The van der Waals surface area contributed by atoms with Crippen molar-refractivity contribution in [3.63, 3.8) is 0 Å². The Morgan fingerprint density at radius 2 is 1.79 bits per heavy atom. The van der Waals surface area contributed by atoms with Gasteiger partial charge in [-0.25, -0.2) is 4.79 Å². The number of anilines is 1. The molecule has 1 aliphatic rings. The van der Waals surface area contributed by atoms with Gasteiger partial charge in [0.25, 0.3) is 0 Å². The number of esters is 1. The third-order valence-corrected chi connectivity index (χ3v) is 4.12. The molecule has 0 heterocycles. The number of benzene rings is 1. The van der Waals surface area contributed by atoms with Crippen LogP contribution in [0.4, 0.5) is 5.69 Å². The topological polar surface area (TPSA) is 52.3 Å². The van der Waals surface area contributed by atoms with Crippen LogP contribution in [0.1, 0.15) is 42.5 Å². The largest absolute Gasteiger partial charge is 0.462 e. The van der Waals surface area contributed by atoms with Gasteiger partial charge in [0.1, 0.15) is 0 Å². The first-order valence-corrected chi connectivity index (χ1v) is 7.25. The van der Waals surface area contributed by atoms with Crippen molar-refractivity contribution in [3.8, 4) is 0 Å². The van der Waals surface area contributed by atoms with Gasteiger partial charge in [-0.3, -0.25) is 0 Å². The molecule has 0 unspecified atom stereocenters. The van der Waals surface area contributed by atoms with Gasteiger partial charge in [0.05, 0.1) is 27.9 Å². The molecule has 0 bridgehead atoms. The van der Waals surface area contributed by atoms with Crippen molar-refractivity contribution >= 4 is 34.9 Å². The van der Waals surface area contributed by atoms with Crippen molar-refractivity contribution in [2.45, 2.75) is 32.1 Å². The number of hydrogen-bond acceptors (Lipinski definition) is 3. The first kappa shape index (κ1) is 14.5. The van der Waals surface area contributed by atoms with E-state index in [0.29, 0.717) is 18.1 Å². The summed E-state index contributed by atoms with van der Waals surface area (Å²) in [4.78, 5) is 11.9. The van der Waals surface area contributed by atoms with Gasteiger partial charge in [-0.1, -0.05) is 42.5 Å². The smallest absolute Gasteiger partial charge is 0.338 e. The quantitative estimate of drug-likeness (QED) is 0.668. The molecule has 3 nitrogen and oxygen atoms in total. The number of nitrogen functional groups attached to an aromatic ring is 1. The minimum absolute atomic E-state index is 0.275. The van der Waals surface area contributed by atoms with Crippen LogP contribution in [0.2, 0.25) is 10.0 Å². The molecular weight excluding hydrogens is 285 g/mol. The lowest BCUT2D eigenvalue weighted by Crippen LogP contribution is -2.16. The Labute approximate surface area is 123 Å². The normalized spacial score (nSPS) is 16.3. The van der Waals surface area contributed by atoms with E-state index in [-0.39, 0.29) is 15.7 Å². The van der Waals surface area contributed by atoms with E-state index in [1.54, 1.807) is 0 Å². The van der Waals surface area contributed by atoms with E-state index in [4.69, 9.17) is 33.7 Å². The van der Waals surface area contributed by atoms with Crippen molar-refractivity contribution in [2.24, 2.45) is 5.92 Å². The van der Waals surface area contributed by atoms with Gasteiger partial charge in [-0.2, -0.15) is 0 Å². The minimum Gasteiger partial charge on any atom is -0.462 e. The molecule has 0 atom stereocenters. The summed E-state index contributed by atoms with van der Waals surface area (Å²) < 4.78 is 5.32. The third-order valence-electron chi connectivity index (χ3n) is 3.49. The van der Waals surface area contributed by atoms with Crippen LogP contribution in [0.3, 0.4) is 0 Å². The zero-order chi connectivity index (χ0) is 13.8. The molecule has 0 saturated heterocycles. The van der Waals surface area contributed by atoms with Crippen molar-refractivity contribution in [2.75, 3.05) is 12.3 Å². The van der Waals surface area contributed by atoms with E-state index < -0.39 is 5.97 Å². The molecule has 0 radical (unpaired) electrons. The molecule has 104 valence electrons. The zero-order valence-electron chi connectivity index (χ0n) is 10.6. The third kappa shape index (κ3) is 3.77. The van der Waals surface area contributed by atoms with E-state index in [9.17, 15) is 4.79 Å². The number of carbonyl (C=O) groups is 1. The summed E-state index contributed by atoms with van der Waals surface area (Å²) in [6, 6.07) is 2.98. The number of nitrogens with two attached hydrogens (primary N) is 1. The van der Waals surface area contributed by atoms with Gasteiger partial charge >= 0.3 is 5.97 Å². The summed E-state index contributed by atoms with van der Waals surface area (Å²) in [5, 5.41) is 0.550. The average Bonchev–Trinajstić information content (AvgIpc) is 2.42. The SMILES string of the molecule is Nc1c(Cl)cc(C(=O)OCC2CCCCC2)cc1Cl. The summed E-state index contributed by atoms with van der Waals surface area (Å²) in [7, 11) is 0. The standard InChI is InChI=1S/C14H17Cl2NO2/c15-11-6-10(7-12(16)13(11)17)14(18)19-8-9-4-2-1-3-5-9/h6-7,9H,1-5,8,17H2. The van der Waals surface area contributed by atoms with Gasteiger partial charge in [-0.15, -0.1) is 0 Å². The lowest BCUT2D eigenvalue weighted by molar-refractivity contribution is 0.0410. The molecule has 0 spiro atoms. The molecule has 2 rings (SSSR count). The molecule has 2 N–H and O–H groups in total. The Morgan fingerprint density at radius 3 is 2.37 bits per heavy atom. The Hall–Kier alpha value is -0.930. The van der Waals surface area contributed by atoms with Gasteiger partial charge in [0.2, 0.25) is 0 Å². The highest BCUT2D eigenvalue weighted by Crippen LogP contribution is 2.29. The summed E-state index contributed by atoms with van der Waals surface area (Å²) in [5.41, 5.74) is 6.26. The molecule has 5 heteroatoms. The van der Waals surface area contributed by atoms with Gasteiger partial charge in [0, 0.05) is 0 Å². The molecular formula is C14H17Cl2NO2. The van der Waals surface area contributed by atoms with E-state index in [1.807, 2.05) is 0 Å². The molecule has 0 aliphatic heterocycles. The Bertz CT molecular complexity index is 448. The monoisotopic (exact) mass is 301 g/mol. The second-order valence-corrected chi connectivity index (χ2v) is 5.77. The van der Waals surface area contributed by atoms with Crippen molar-refractivity contribution in [3.05, 3.63) is 27.7 Å². The number of hydrogen-bond donors (Lipinski definition) is 1. The van der Waals surface area contributed by atoms with Gasteiger partial charge in [0.15, 0.2) is 0 Å². The summed E-state index contributed by atoms with van der Waals surface area (Å²) >= 11 is 11.8. The van der Waals surface area contributed by atoms with Crippen LogP contribution in [0.5, 0.6) is 0 Å². The maximum atomic E-state index is 11.9. The van der Waals surface area contributed by atoms with Crippen LogP contribution in [0.25, 0.3) is 0 Å². The van der Waals surface area contributed by atoms with Crippen LogP contribution in [0.15, 0.2) is 12.1 Å². The Kier molecular flexibility index (Phi) is 4.94. The fraction of sp³-hybridized carbons (Fsp3) is 0.500. The summed E-state index contributed by atoms with van der Waals surface area (Å²) in [5.74, 6) is 0.0896. The van der Waals surface area contributed by atoms with Crippen molar-refractivity contribution < 1.29 is 9.53 Å². The fourth-order valence-corrected chi connectivity index (χ4v) is 2.82. The number of carbonyl (C=O) groups excluding carboxylic acids is 1. The van der Waals surface area contributed by atoms with Crippen LogP contribution >= 0.6 is 23.2 Å². The zero-order valence-corrected chi connectivity index (χ0v) is 12.1. The van der Waals surface area contributed by atoms with Gasteiger partial charge < -0.3 is 10.5 Å². The van der Waals surface area contributed by atoms with Crippen molar-refractivity contribution in [1.29, 1.82) is 0 Å². The van der Waals surface area contributed by atoms with Crippen LogP contribution in [0, 0.1) is 5.92 Å². The predicted molar refractivity (Wildman–Crippen MR) is 77.7 cm³/mol. The summed E-state index contributed by atoms with van der Waals surface area (Å²) in [6.45, 7) is 0.471.